The second-order valence-electron chi connectivity index (χ2n) is 10.2. The van der Waals surface area contributed by atoms with Crippen molar-refractivity contribution in [2.45, 2.75) is 69.6 Å². The van der Waals surface area contributed by atoms with Crippen molar-refractivity contribution in [1.82, 2.24) is 15.3 Å². The van der Waals surface area contributed by atoms with Crippen LogP contribution in [0.25, 0.3) is 0 Å². The number of nitrogens with zero attached hydrogens (tertiary/aromatic N) is 1. The van der Waals surface area contributed by atoms with E-state index in [1.54, 1.807) is 6.07 Å². The topological polar surface area (TPSA) is 93.3 Å². The zero-order chi connectivity index (χ0) is 27.0. The SMILES string of the molecule is CSc1cc(C)[nH]c(=O)c1CNC(=O)c1cc(Cl)c2c(c1C)O[C@@](C)([C@H]1CC[C@@H](c3ccccn3)CC1)O2. The van der Waals surface area contributed by atoms with Gasteiger partial charge in [-0.1, -0.05) is 17.7 Å². The molecule has 0 spiro atoms. The van der Waals surface area contributed by atoms with E-state index in [0.717, 1.165) is 42.0 Å². The molecule has 200 valence electrons. The first-order chi connectivity index (χ1) is 18.2. The van der Waals surface area contributed by atoms with Gasteiger partial charge in [0.25, 0.3) is 17.3 Å². The van der Waals surface area contributed by atoms with E-state index in [1.807, 2.05) is 51.4 Å². The van der Waals surface area contributed by atoms with Crippen LogP contribution < -0.4 is 20.3 Å². The summed E-state index contributed by atoms with van der Waals surface area (Å²) in [5.74, 6) is 0.425. The number of rotatable bonds is 6. The number of carbonyl (C=O) groups is 1. The number of thioether (sulfide) groups is 1. The highest BCUT2D eigenvalue weighted by atomic mass is 35.5. The van der Waals surface area contributed by atoms with E-state index in [9.17, 15) is 9.59 Å². The maximum absolute atomic E-state index is 13.2. The Bertz CT molecular complexity index is 1420. The number of fused-ring (bicyclic) bond motifs is 1. The van der Waals surface area contributed by atoms with Crippen LogP contribution in [-0.4, -0.2) is 27.9 Å². The first-order valence-electron chi connectivity index (χ1n) is 12.9. The van der Waals surface area contributed by atoms with Crippen molar-refractivity contribution in [2.24, 2.45) is 5.92 Å². The predicted octanol–water partition coefficient (Wildman–Crippen LogP) is 6.15. The molecule has 1 aliphatic carbocycles. The summed E-state index contributed by atoms with van der Waals surface area (Å²) in [7, 11) is 0. The van der Waals surface area contributed by atoms with Gasteiger partial charge in [0.05, 0.1) is 5.02 Å². The number of halogens is 1. The number of hydrogen-bond donors (Lipinski definition) is 2. The molecule has 5 rings (SSSR count). The lowest BCUT2D eigenvalue weighted by Crippen LogP contribution is -2.44. The number of ether oxygens (including phenoxy) is 2. The highest BCUT2D eigenvalue weighted by molar-refractivity contribution is 7.98. The van der Waals surface area contributed by atoms with E-state index in [1.165, 1.54) is 11.8 Å². The van der Waals surface area contributed by atoms with Gasteiger partial charge >= 0.3 is 0 Å². The first-order valence-corrected chi connectivity index (χ1v) is 14.5. The van der Waals surface area contributed by atoms with Gasteiger partial charge in [0.1, 0.15) is 0 Å². The highest BCUT2D eigenvalue weighted by Gasteiger charge is 2.47. The van der Waals surface area contributed by atoms with Crippen molar-refractivity contribution >= 4 is 29.3 Å². The van der Waals surface area contributed by atoms with Crippen molar-refractivity contribution in [3.05, 3.63) is 80.0 Å². The van der Waals surface area contributed by atoms with Gasteiger partial charge in [0.15, 0.2) is 11.5 Å². The Morgan fingerprint density at radius 2 is 1.92 bits per heavy atom. The Morgan fingerprint density at radius 3 is 2.61 bits per heavy atom. The van der Waals surface area contributed by atoms with E-state index >= 15 is 0 Å². The van der Waals surface area contributed by atoms with E-state index in [2.05, 4.69) is 21.4 Å². The molecule has 1 aliphatic heterocycles. The molecule has 1 atom stereocenters. The summed E-state index contributed by atoms with van der Waals surface area (Å²) in [5.41, 5.74) is 3.30. The summed E-state index contributed by atoms with van der Waals surface area (Å²) in [6, 6.07) is 9.60. The molecule has 1 amide bonds. The van der Waals surface area contributed by atoms with Crippen LogP contribution in [0.5, 0.6) is 11.5 Å². The second kappa shape index (κ2) is 10.7. The van der Waals surface area contributed by atoms with E-state index in [0.29, 0.717) is 39.1 Å². The molecule has 1 aromatic carbocycles. The van der Waals surface area contributed by atoms with Crippen LogP contribution >= 0.6 is 23.4 Å². The molecular formula is C29H32ClN3O4S. The summed E-state index contributed by atoms with van der Waals surface area (Å²) < 4.78 is 12.8. The molecule has 0 radical (unpaired) electrons. The quantitative estimate of drug-likeness (QED) is 0.355. The Hall–Kier alpha value is -2.97. The standard InChI is InChI=1S/C29H32ClN3O4S/c1-16-13-24(38-4)21(28(35)33-16)15-32-27(34)20-14-22(30)26-25(17(20)2)36-29(3,37-26)19-10-8-18(9-11-19)23-7-5-6-12-31-23/h5-7,12-14,18-19H,8-11,15H2,1-4H3,(H,32,34)(H,33,35)/t18-,19+,29-/m1/s1. The van der Waals surface area contributed by atoms with Crippen LogP contribution in [-0.2, 0) is 6.54 Å². The minimum Gasteiger partial charge on any atom is -0.448 e. The number of nitrogens with one attached hydrogen (secondary N) is 2. The number of pyridine rings is 2. The van der Waals surface area contributed by atoms with Crippen LogP contribution in [0.4, 0.5) is 0 Å². The zero-order valence-electron chi connectivity index (χ0n) is 22.0. The maximum Gasteiger partial charge on any atom is 0.254 e. The van der Waals surface area contributed by atoms with Gasteiger partial charge in [0.2, 0.25) is 0 Å². The lowest BCUT2D eigenvalue weighted by Gasteiger charge is -2.37. The Kier molecular flexibility index (Phi) is 7.47. The van der Waals surface area contributed by atoms with Crippen molar-refractivity contribution in [1.29, 1.82) is 0 Å². The molecule has 1 saturated carbocycles. The van der Waals surface area contributed by atoms with E-state index in [4.69, 9.17) is 21.1 Å². The zero-order valence-corrected chi connectivity index (χ0v) is 23.6. The molecule has 3 heterocycles. The van der Waals surface area contributed by atoms with Gasteiger partial charge in [-0.3, -0.25) is 14.6 Å². The number of H-pyrrole nitrogens is 1. The van der Waals surface area contributed by atoms with E-state index < -0.39 is 5.79 Å². The maximum atomic E-state index is 13.2. The van der Waals surface area contributed by atoms with E-state index in [-0.39, 0.29) is 23.9 Å². The number of aryl methyl sites for hydroxylation is 1. The Labute approximate surface area is 231 Å². The molecule has 9 heteroatoms. The molecule has 2 aliphatic rings. The fraction of sp³-hybridized carbons (Fsp3) is 0.414. The fourth-order valence-electron chi connectivity index (χ4n) is 5.58. The van der Waals surface area contributed by atoms with Crippen molar-refractivity contribution in [2.75, 3.05) is 6.26 Å². The van der Waals surface area contributed by atoms with Crippen molar-refractivity contribution in [3.63, 3.8) is 0 Å². The number of hydrogen-bond acceptors (Lipinski definition) is 6. The van der Waals surface area contributed by atoms with Gasteiger partial charge in [-0.05, 0) is 70.1 Å². The molecule has 7 nitrogen and oxygen atoms in total. The molecule has 2 aromatic heterocycles. The van der Waals surface area contributed by atoms with Crippen molar-refractivity contribution in [3.8, 4) is 11.5 Å². The van der Waals surface area contributed by atoms with Crippen LogP contribution in [0.3, 0.4) is 0 Å². The fourth-order valence-corrected chi connectivity index (χ4v) is 6.52. The van der Waals surface area contributed by atoms with Crippen LogP contribution in [0.15, 0.2) is 46.2 Å². The largest absolute Gasteiger partial charge is 0.448 e. The van der Waals surface area contributed by atoms with Crippen molar-refractivity contribution < 1.29 is 14.3 Å². The highest BCUT2D eigenvalue weighted by Crippen LogP contribution is 2.52. The van der Waals surface area contributed by atoms with Gasteiger partial charge < -0.3 is 19.8 Å². The number of amides is 1. The number of benzene rings is 1. The summed E-state index contributed by atoms with van der Waals surface area (Å²) in [5, 5.41) is 3.21. The molecule has 3 aromatic rings. The average molecular weight is 554 g/mol. The molecule has 1 fully saturated rings. The molecule has 2 N–H and O–H groups in total. The summed E-state index contributed by atoms with van der Waals surface area (Å²) in [6.45, 7) is 5.74. The molecular weight excluding hydrogens is 522 g/mol. The molecule has 0 saturated heterocycles. The van der Waals surface area contributed by atoms with Crippen LogP contribution in [0.2, 0.25) is 5.02 Å². The Balaban J connectivity index is 1.31. The number of aromatic nitrogens is 2. The summed E-state index contributed by atoms with van der Waals surface area (Å²) in [6.07, 6.45) is 7.66. The van der Waals surface area contributed by atoms with Gasteiger partial charge in [-0.15, -0.1) is 11.8 Å². The predicted molar refractivity (Wildman–Crippen MR) is 150 cm³/mol. The third-order valence-electron chi connectivity index (χ3n) is 7.74. The summed E-state index contributed by atoms with van der Waals surface area (Å²) >= 11 is 8.09. The molecule has 0 bridgehead atoms. The third-order valence-corrected chi connectivity index (χ3v) is 8.83. The van der Waals surface area contributed by atoms with Gasteiger partial charge in [-0.2, -0.15) is 0 Å². The van der Waals surface area contributed by atoms with Crippen LogP contribution in [0.1, 0.15) is 71.4 Å². The number of aromatic amines is 1. The monoisotopic (exact) mass is 553 g/mol. The molecule has 38 heavy (non-hydrogen) atoms. The smallest absolute Gasteiger partial charge is 0.254 e. The first kappa shape index (κ1) is 26.6. The minimum atomic E-state index is -0.858. The minimum absolute atomic E-state index is 0.105. The lowest BCUT2D eigenvalue weighted by atomic mass is 9.77. The average Bonchev–Trinajstić information content (AvgIpc) is 3.30. The third kappa shape index (κ3) is 5.04. The Morgan fingerprint density at radius 1 is 1.18 bits per heavy atom. The lowest BCUT2D eigenvalue weighted by molar-refractivity contribution is -0.121. The normalized spacial score (nSPS) is 22.3. The second-order valence-corrected chi connectivity index (χ2v) is 11.5. The van der Waals surface area contributed by atoms with Crippen LogP contribution in [0, 0.1) is 19.8 Å². The van der Waals surface area contributed by atoms with Gasteiger partial charge in [-0.25, -0.2) is 0 Å². The molecule has 0 unspecified atom stereocenters. The summed E-state index contributed by atoms with van der Waals surface area (Å²) in [4.78, 5) is 33.9. The van der Waals surface area contributed by atoms with Gasteiger partial charge in [0, 0.05) is 64.5 Å². The number of carbonyl (C=O) groups excluding carboxylic acids is 1.